The van der Waals surface area contributed by atoms with Crippen LogP contribution in [0.2, 0.25) is 0 Å². The van der Waals surface area contributed by atoms with Crippen molar-refractivity contribution in [2.24, 2.45) is 0 Å². The van der Waals surface area contributed by atoms with Crippen molar-refractivity contribution >= 4 is 33.6 Å². The van der Waals surface area contributed by atoms with Gasteiger partial charge >= 0.3 is 39.2 Å². The highest BCUT2D eigenvalue weighted by atomic mass is 31.3. The molecule has 22 nitrogen and oxygen atoms in total. The van der Waals surface area contributed by atoms with Crippen LogP contribution in [0.1, 0.15) is 27.0 Å². The number of hydrogen-bond donors (Lipinski definition) is 6. The Kier molecular flexibility index (Phi) is 12.0. The number of hydrogen-bond acceptors (Lipinski definition) is 18. The Labute approximate surface area is 251 Å². The highest BCUT2D eigenvalue weighted by Gasteiger charge is 2.52. The number of nitrogens with one attached hydrogen (secondary N) is 1. The second-order valence-corrected chi connectivity index (χ2v) is 12.5. The fraction of sp³-hybridized carbons (Fsp3) is 0.667. The van der Waals surface area contributed by atoms with Crippen LogP contribution in [0.5, 0.6) is 0 Å². The van der Waals surface area contributed by atoms with Crippen molar-refractivity contribution in [1.82, 2.24) is 9.55 Å². The Balaban J connectivity index is 1.75. The van der Waals surface area contributed by atoms with Gasteiger partial charge in [-0.1, -0.05) is 0 Å². The maximum absolute atomic E-state index is 12.6. The molecule has 1 aromatic heterocycles. The first-order valence-electron chi connectivity index (χ1n) is 12.6. The van der Waals surface area contributed by atoms with E-state index in [1.165, 1.54) is 0 Å². The number of carbonyl (C=O) groups is 3. The molecule has 0 aliphatic carbocycles. The number of esters is 3. The number of phosphoric ester groups is 2. The van der Waals surface area contributed by atoms with Gasteiger partial charge in [-0.2, -0.15) is 4.31 Å². The lowest BCUT2D eigenvalue weighted by atomic mass is 9.99. The Hall–Kier alpha value is -2.85. The van der Waals surface area contributed by atoms with Crippen LogP contribution >= 0.6 is 15.6 Å². The van der Waals surface area contributed by atoms with E-state index < -0.39 is 113 Å². The highest BCUT2D eigenvalue weighted by molar-refractivity contribution is 7.61. The van der Waals surface area contributed by atoms with Crippen molar-refractivity contribution < 1.29 is 85.7 Å². The van der Waals surface area contributed by atoms with Gasteiger partial charge in [0.05, 0.1) is 6.61 Å². The zero-order chi connectivity index (χ0) is 33.9. The summed E-state index contributed by atoms with van der Waals surface area (Å²) in [6.07, 6.45) is -15.4. The summed E-state index contributed by atoms with van der Waals surface area (Å²) in [5.74, 6) is -2.71. The molecule has 24 heteroatoms. The molecule has 0 spiro atoms. The van der Waals surface area contributed by atoms with Crippen LogP contribution in [0.15, 0.2) is 21.9 Å². The van der Waals surface area contributed by atoms with Gasteiger partial charge in [-0.05, 0) is 0 Å². The molecule has 2 saturated heterocycles. The third-order valence-electron chi connectivity index (χ3n) is 5.98. The second-order valence-electron chi connectivity index (χ2n) is 9.47. The molecule has 1 aromatic rings. The monoisotopic (exact) mass is 692 g/mol. The number of phosphoric acid groups is 2. The maximum atomic E-state index is 12.6. The van der Waals surface area contributed by atoms with E-state index in [1.807, 2.05) is 4.98 Å². The molecule has 45 heavy (non-hydrogen) atoms. The lowest BCUT2D eigenvalue weighted by Gasteiger charge is -2.39. The van der Waals surface area contributed by atoms with Gasteiger partial charge in [0, 0.05) is 33.0 Å². The normalized spacial score (nSPS) is 32.6. The topological polar surface area (TPSA) is 315 Å². The number of nitrogens with zero attached hydrogens (tertiary/aromatic N) is 1. The molecule has 2 aliphatic rings. The number of aliphatic hydroxyl groups excluding tert-OH is 3. The van der Waals surface area contributed by atoms with E-state index in [4.69, 9.17) is 23.5 Å². The summed E-state index contributed by atoms with van der Waals surface area (Å²) in [4.78, 5) is 80.6. The molecule has 0 radical (unpaired) electrons. The molecular formula is C21H30N2O20P2. The van der Waals surface area contributed by atoms with E-state index in [1.54, 1.807) is 0 Å². The predicted octanol–water partition coefficient (Wildman–Crippen LogP) is -3.08. The van der Waals surface area contributed by atoms with Crippen molar-refractivity contribution in [3.05, 3.63) is 33.1 Å². The number of rotatable bonds is 12. The van der Waals surface area contributed by atoms with Gasteiger partial charge in [0.1, 0.15) is 37.1 Å². The predicted molar refractivity (Wildman–Crippen MR) is 137 cm³/mol. The summed E-state index contributed by atoms with van der Waals surface area (Å²) in [5, 5.41) is 30.1. The molecule has 0 amide bonds. The summed E-state index contributed by atoms with van der Waals surface area (Å²) < 4.78 is 64.9. The Morgan fingerprint density at radius 3 is 2.07 bits per heavy atom. The summed E-state index contributed by atoms with van der Waals surface area (Å²) >= 11 is 0. The van der Waals surface area contributed by atoms with Gasteiger partial charge in [-0.25, -0.2) is 13.9 Å². The molecule has 3 heterocycles. The smallest absolute Gasteiger partial charge is 0.463 e. The third-order valence-corrected chi connectivity index (χ3v) is 8.58. The first kappa shape index (κ1) is 36.6. The van der Waals surface area contributed by atoms with Gasteiger partial charge < -0.3 is 48.8 Å². The van der Waals surface area contributed by atoms with Crippen molar-refractivity contribution in [3.63, 3.8) is 0 Å². The van der Waals surface area contributed by atoms with E-state index >= 15 is 0 Å². The second kappa shape index (κ2) is 14.7. The number of aromatic nitrogens is 2. The van der Waals surface area contributed by atoms with Gasteiger partial charge in [0.25, 0.3) is 5.56 Å². The Morgan fingerprint density at radius 1 is 0.867 bits per heavy atom. The molecule has 2 aliphatic heterocycles. The van der Waals surface area contributed by atoms with Crippen molar-refractivity contribution in [3.8, 4) is 0 Å². The summed E-state index contributed by atoms with van der Waals surface area (Å²) in [6.45, 7) is 1.16. The van der Waals surface area contributed by atoms with Gasteiger partial charge in [-0.3, -0.25) is 37.8 Å². The molecule has 6 N–H and O–H groups in total. The van der Waals surface area contributed by atoms with Crippen LogP contribution in [0, 0.1) is 0 Å². The molecule has 3 rings (SSSR count). The zero-order valence-corrected chi connectivity index (χ0v) is 25.3. The number of H-pyrrole nitrogens is 1. The average Bonchev–Trinajstić information content (AvgIpc) is 3.21. The van der Waals surface area contributed by atoms with E-state index in [0.29, 0.717) is 0 Å². The first-order valence-corrected chi connectivity index (χ1v) is 15.6. The van der Waals surface area contributed by atoms with E-state index in [-0.39, 0.29) is 0 Å². The van der Waals surface area contributed by atoms with Gasteiger partial charge in [0.2, 0.25) is 0 Å². The van der Waals surface area contributed by atoms with Gasteiger partial charge in [-0.15, -0.1) is 0 Å². The molecule has 2 unspecified atom stereocenters. The average molecular weight is 692 g/mol. The Bertz CT molecular complexity index is 1460. The molecule has 0 saturated carbocycles. The fourth-order valence-corrected chi connectivity index (χ4v) is 6.32. The molecule has 11 atom stereocenters. The van der Waals surface area contributed by atoms with Crippen LogP contribution in [0.3, 0.4) is 0 Å². The standard InChI is InChI=1S/C21H30N2O20P2/c1-8(24)36-6-11-14(28)15(29)16(30)20(41-11)42-45(34,35)43-44(32,33)37-7-12-17(38-9(2)25)18(39-10(3)26)19(40-12)23-5-4-13(27)22-21(23)31/h4-5,11-12,14-20,28-30H,6-7H2,1-3H3,(H,32,33)(H,34,35)(H,22,27,31)/t11-,12-,14-,15+,16-,17-,18-,19-,20-/m1/s1. The maximum Gasteiger partial charge on any atom is 0.483 e. The molecular weight excluding hydrogens is 662 g/mol. The van der Waals surface area contributed by atoms with Crippen LogP contribution in [0.25, 0.3) is 0 Å². The number of carbonyl (C=O) groups excluding carboxylic acids is 3. The lowest BCUT2D eigenvalue weighted by molar-refractivity contribution is -0.281. The molecule has 2 fully saturated rings. The largest absolute Gasteiger partial charge is 0.483 e. The van der Waals surface area contributed by atoms with Crippen molar-refractivity contribution in [2.45, 2.75) is 76.0 Å². The van der Waals surface area contributed by atoms with Crippen molar-refractivity contribution in [2.75, 3.05) is 13.2 Å². The van der Waals surface area contributed by atoms with Crippen LogP contribution < -0.4 is 11.2 Å². The Morgan fingerprint density at radius 2 is 1.49 bits per heavy atom. The summed E-state index contributed by atoms with van der Waals surface area (Å²) in [6, 6.07) is 0.917. The third kappa shape index (κ3) is 9.82. The van der Waals surface area contributed by atoms with Crippen LogP contribution in [0.4, 0.5) is 0 Å². The van der Waals surface area contributed by atoms with Crippen LogP contribution in [-0.2, 0) is 60.6 Å². The minimum absolute atomic E-state index is 0.691. The number of aromatic amines is 1. The summed E-state index contributed by atoms with van der Waals surface area (Å²) in [7, 11) is -11.4. The quantitative estimate of drug-likeness (QED) is 0.0718. The SMILES string of the molecule is CC(=O)OC[C@H]1O[C@H](OP(=O)(O)OP(=O)(O)OC[C@H]2O[C@@H](n3ccc(=O)[nH]c3=O)[C@H](OC(C)=O)[C@@H]2OC(C)=O)[C@H](O)[C@@H](O)[C@@H]1O. The lowest BCUT2D eigenvalue weighted by Crippen LogP contribution is -2.59. The van der Waals surface area contributed by atoms with Crippen LogP contribution in [-0.4, -0.2) is 115 Å². The highest BCUT2D eigenvalue weighted by Crippen LogP contribution is 2.61. The van der Waals surface area contributed by atoms with E-state index in [0.717, 1.165) is 37.6 Å². The minimum Gasteiger partial charge on any atom is -0.463 e. The first-order chi connectivity index (χ1) is 20.8. The molecule has 0 bridgehead atoms. The molecule has 0 aromatic carbocycles. The number of aliphatic hydroxyl groups is 3. The fourth-order valence-electron chi connectivity index (χ4n) is 4.16. The van der Waals surface area contributed by atoms with E-state index in [9.17, 15) is 58.2 Å². The zero-order valence-electron chi connectivity index (χ0n) is 23.5. The minimum atomic E-state index is -5.73. The van der Waals surface area contributed by atoms with Crippen molar-refractivity contribution in [1.29, 1.82) is 0 Å². The number of ether oxygens (including phenoxy) is 5. The summed E-state index contributed by atoms with van der Waals surface area (Å²) in [5.41, 5.74) is -1.83. The molecule has 254 valence electrons. The van der Waals surface area contributed by atoms with E-state index in [2.05, 4.69) is 13.6 Å². The van der Waals surface area contributed by atoms with Gasteiger partial charge in [0.15, 0.2) is 24.7 Å².